The normalized spacial score (nSPS) is 50.1. The maximum atomic E-state index is 11.3. The first kappa shape index (κ1) is 8.05. The van der Waals surface area contributed by atoms with E-state index in [0.29, 0.717) is 23.8 Å². The Labute approximate surface area is 72.5 Å². The predicted octanol–water partition coefficient (Wildman–Crippen LogP) is 0.402. The summed E-state index contributed by atoms with van der Waals surface area (Å²) in [6, 6.07) is 0.504. The summed E-state index contributed by atoms with van der Waals surface area (Å²) in [7, 11) is 1.45. The summed E-state index contributed by atoms with van der Waals surface area (Å²) in [5.41, 5.74) is 0. The van der Waals surface area contributed by atoms with Crippen molar-refractivity contribution < 1.29 is 9.53 Å². The Morgan fingerprint density at radius 1 is 1.33 bits per heavy atom. The summed E-state index contributed by atoms with van der Waals surface area (Å²) in [5.74, 6) is 1.69. The van der Waals surface area contributed by atoms with Crippen LogP contribution in [0.5, 0.6) is 0 Å². The highest BCUT2D eigenvalue weighted by atomic mass is 16.5. The highest BCUT2D eigenvalue weighted by Gasteiger charge is 2.58. The maximum Gasteiger partial charge on any atom is 0.323 e. The van der Waals surface area contributed by atoms with Gasteiger partial charge in [0.05, 0.1) is 7.11 Å². The molecule has 3 rings (SSSR count). The van der Waals surface area contributed by atoms with E-state index in [0.717, 1.165) is 0 Å². The van der Waals surface area contributed by atoms with Crippen LogP contribution in [0.3, 0.4) is 0 Å². The number of methoxy groups -OCH3 is 1. The van der Waals surface area contributed by atoms with Gasteiger partial charge in [0.15, 0.2) is 0 Å². The highest BCUT2D eigenvalue weighted by molar-refractivity contribution is 5.77. The molecule has 0 amide bonds. The highest BCUT2D eigenvalue weighted by Crippen LogP contribution is 2.48. The van der Waals surface area contributed by atoms with Crippen LogP contribution in [0.15, 0.2) is 0 Å². The third-order valence-corrected chi connectivity index (χ3v) is 3.56. The molecule has 3 fully saturated rings. The van der Waals surface area contributed by atoms with E-state index in [4.69, 9.17) is 4.74 Å². The van der Waals surface area contributed by atoms with Gasteiger partial charge in [-0.1, -0.05) is 13.8 Å². The minimum Gasteiger partial charge on any atom is -0.468 e. The van der Waals surface area contributed by atoms with Crippen molar-refractivity contribution in [2.24, 2.45) is 17.8 Å². The summed E-state index contributed by atoms with van der Waals surface area (Å²) >= 11 is 0. The van der Waals surface area contributed by atoms with Gasteiger partial charge in [-0.15, -0.1) is 0 Å². The number of esters is 1. The van der Waals surface area contributed by atoms with Crippen molar-refractivity contribution in [2.45, 2.75) is 25.9 Å². The molecule has 3 atom stereocenters. The second-order valence-corrected chi connectivity index (χ2v) is 3.99. The molecule has 1 N–H and O–H groups in total. The maximum absolute atomic E-state index is 11.3. The lowest BCUT2D eigenvalue weighted by Crippen LogP contribution is -2.44. The van der Waals surface area contributed by atoms with Crippen LogP contribution in [0.25, 0.3) is 0 Å². The Kier molecular flexibility index (Phi) is 1.65. The Bertz CT molecular complexity index is 207. The number of ether oxygens (including phenoxy) is 1. The van der Waals surface area contributed by atoms with Crippen molar-refractivity contribution in [2.75, 3.05) is 7.11 Å². The molecule has 2 saturated heterocycles. The molecule has 2 aliphatic heterocycles. The Balaban J connectivity index is 2.09. The Morgan fingerprint density at radius 3 is 2.25 bits per heavy atom. The fourth-order valence-electron chi connectivity index (χ4n) is 2.87. The molecule has 1 saturated carbocycles. The molecule has 0 spiro atoms. The minimum atomic E-state index is -0.0984. The van der Waals surface area contributed by atoms with Crippen LogP contribution in [-0.2, 0) is 9.53 Å². The standard InChI is InChI=1S/C9H15NO2/c1-4-6-5(2)7(4)10-8(6)9(11)12-3/h4-8,10H,1-3H3/t4-,5-,6?,7?,8?/m1/s1. The van der Waals surface area contributed by atoms with Crippen LogP contribution in [0, 0.1) is 17.8 Å². The van der Waals surface area contributed by atoms with Crippen LogP contribution >= 0.6 is 0 Å². The molecule has 0 aromatic rings. The van der Waals surface area contributed by atoms with E-state index in [1.165, 1.54) is 7.11 Å². The summed E-state index contributed by atoms with van der Waals surface area (Å²) in [5, 5.41) is 3.30. The van der Waals surface area contributed by atoms with Crippen LogP contribution in [0.1, 0.15) is 13.8 Å². The minimum absolute atomic E-state index is 0.0370. The lowest BCUT2D eigenvalue weighted by molar-refractivity contribution is -0.144. The zero-order valence-electron chi connectivity index (χ0n) is 7.70. The molecule has 3 aliphatic rings. The molecule has 0 aromatic carbocycles. The first-order valence-corrected chi connectivity index (χ1v) is 4.50. The van der Waals surface area contributed by atoms with Gasteiger partial charge in [0, 0.05) is 6.04 Å². The third-order valence-electron chi connectivity index (χ3n) is 3.56. The molecule has 1 aliphatic carbocycles. The summed E-state index contributed by atoms with van der Waals surface area (Å²) in [6.07, 6.45) is 0. The third kappa shape index (κ3) is 0.774. The van der Waals surface area contributed by atoms with E-state index in [9.17, 15) is 4.79 Å². The van der Waals surface area contributed by atoms with E-state index < -0.39 is 0 Å². The molecule has 1 unspecified atom stereocenters. The second-order valence-electron chi connectivity index (χ2n) is 3.99. The van der Waals surface area contributed by atoms with Crippen molar-refractivity contribution in [3.8, 4) is 0 Å². The van der Waals surface area contributed by atoms with E-state index in [1.807, 2.05) is 0 Å². The Morgan fingerprint density at radius 2 is 1.92 bits per heavy atom. The quantitative estimate of drug-likeness (QED) is 0.577. The smallest absolute Gasteiger partial charge is 0.323 e. The summed E-state index contributed by atoms with van der Waals surface area (Å²) in [4.78, 5) is 11.3. The van der Waals surface area contributed by atoms with Crippen molar-refractivity contribution in [1.29, 1.82) is 0 Å². The van der Waals surface area contributed by atoms with Gasteiger partial charge in [0.1, 0.15) is 6.04 Å². The molecule has 2 heterocycles. The summed E-state index contributed by atoms with van der Waals surface area (Å²) < 4.78 is 4.73. The molecule has 0 radical (unpaired) electrons. The largest absolute Gasteiger partial charge is 0.468 e. The lowest BCUT2D eigenvalue weighted by Gasteiger charge is -2.39. The molecule has 2 bridgehead atoms. The number of fused-ring (bicyclic) bond motifs is 1. The van der Waals surface area contributed by atoms with Gasteiger partial charge in [-0.05, 0) is 17.8 Å². The van der Waals surface area contributed by atoms with Gasteiger partial charge < -0.3 is 10.1 Å². The molecule has 12 heavy (non-hydrogen) atoms. The van der Waals surface area contributed by atoms with Gasteiger partial charge in [-0.25, -0.2) is 0 Å². The lowest BCUT2D eigenvalue weighted by atomic mass is 9.65. The second kappa shape index (κ2) is 2.46. The van der Waals surface area contributed by atoms with Crippen LogP contribution in [-0.4, -0.2) is 25.2 Å². The van der Waals surface area contributed by atoms with E-state index in [-0.39, 0.29) is 12.0 Å². The van der Waals surface area contributed by atoms with Crippen LogP contribution in [0.4, 0.5) is 0 Å². The number of nitrogens with one attached hydrogen (secondary N) is 1. The van der Waals surface area contributed by atoms with Gasteiger partial charge in [-0.3, -0.25) is 4.79 Å². The number of carbonyl (C=O) groups is 1. The first-order chi connectivity index (χ1) is 5.66. The van der Waals surface area contributed by atoms with Crippen LogP contribution < -0.4 is 5.32 Å². The van der Waals surface area contributed by atoms with Crippen LogP contribution in [0.2, 0.25) is 0 Å². The zero-order valence-corrected chi connectivity index (χ0v) is 7.70. The Hall–Kier alpha value is -0.570. The van der Waals surface area contributed by atoms with Gasteiger partial charge in [0.25, 0.3) is 0 Å². The molecular formula is C9H15NO2. The van der Waals surface area contributed by atoms with Crippen molar-refractivity contribution in [1.82, 2.24) is 5.32 Å². The molecular weight excluding hydrogens is 154 g/mol. The van der Waals surface area contributed by atoms with Crippen molar-refractivity contribution in [3.63, 3.8) is 0 Å². The van der Waals surface area contributed by atoms with Crippen molar-refractivity contribution >= 4 is 5.97 Å². The number of hydrogen-bond donors (Lipinski definition) is 1. The van der Waals surface area contributed by atoms with E-state index in [1.54, 1.807) is 0 Å². The molecule has 3 heteroatoms. The zero-order chi connectivity index (χ0) is 8.88. The average Bonchev–Trinajstić information content (AvgIpc) is 2.59. The predicted molar refractivity (Wildman–Crippen MR) is 44.5 cm³/mol. The monoisotopic (exact) mass is 169 g/mol. The number of rotatable bonds is 1. The van der Waals surface area contributed by atoms with Gasteiger partial charge >= 0.3 is 5.97 Å². The number of carbonyl (C=O) groups excluding carboxylic acids is 1. The fourth-order valence-corrected chi connectivity index (χ4v) is 2.87. The number of hydrogen-bond acceptors (Lipinski definition) is 3. The van der Waals surface area contributed by atoms with Gasteiger partial charge in [-0.2, -0.15) is 0 Å². The molecule has 68 valence electrons. The van der Waals surface area contributed by atoms with E-state index >= 15 is 0 Å². The fraction of sp³-hybridized carbons (Fsp3) is 0.889. The van der Waals surface area contributed by atoms with Gasteiger partial charge in [0.2, 0.25) is 0 Å². The molecule has 3 nitrogen and oxygen atoms in total. The van der Waals surface area contributed by atoms with E-state index in [2.05, 4.69) is 19.2 Å². The average molecular weight is 169 g/mol. The van der Waals surface area contributed by atoms with Crippen molar-refractivity contribution in [3.05, 3.63) is 0 Å². The SMILES string of the molecule is COC(=O)C1NC2[C@H](C)C1[C@H]2C. The topological polar surface area (TPSA) is 38.3 Å². The summed E-state index contributed by atoms with van der Waals surface area (Å²) in [6.45, 7) is 4.40. The first-order valence-electron chi connectivity index (χ1n) is 4.50. The molecule has 0 aromatic heterocycles.